The molecule has 0 bridgehead atoms. The molecular weight excluding hydrogens is 333 g/mol. The summed E-state index contributed by atoms with van der Waals surface area (Å²) in [7, 11) is 0. The fourth-order valence-corrected chi connectivity index (χ4v) is 3.71. The van der Waals surface area contributed by atoms with Crippen molar-refractivity contribution in [1.29, 1.82) is 0 Å². The average Bonchev–Trinajstić information content (AvgIpc) is 2.44. The normalized spacial score (nSPS) is 19.6. The molecule has 1 heterocycles. The van der Waals surface area contributed by atoms with E-state index in [4.69, 9.17) is 33.0 Å². The molecule has 1 atom stereocenters. The third-order valence-electron chi connectivity index (χ3n) is 3.29. The van der Waals surface area contributed by atoms with E-state index in [1.165, 1.54) is 0 Å². The van der Waals surface area contributed by atoms with E-state index in [-0.39, 0.29) is 12.5 Å². The summed E-state index contributed by atoms with van der Waals surface area (Å²) in [6.07, 6.45) is 0.114. The van der Waals surface area contributed by atoms with E-state index < -0.39 is 5.97 Å². The van der Waals surface area contributed by atoms with E-state index in [0.717, 1.165) is 23.7 Å². The topological polar surface area (TPSA) is 49.8 Å². The van der Waals surface area contributed by atoms with Crippen LogP contribution in [0.2, 0.25) is 10.0 Å². The summed E-state index contributed by atoms with van der Waals surface area (Å²) < 4.78 is 5.36. The van der Waals surface area contributed by atoms with E-state index in [9.17, 15) is 4.79 Å². The number of hydrogen-bond acceptors (Lipinski definition) is 4. The van der Waals surface area contributed by atoms with Gasteiger partial charge in [0.15, 0.2) is 0 Å². The first-order valence-corrected chi connectivity index (χ1v) is 8.42. The van der Waals surface area contributed by atoms with Crippen LogP contribution >= 0.6 is 35.0 Å². The first-order valence-electron chi connectivity index (χ1n) is 6.67. The molecule has 2 rings (SSSR count). The zero-order chi connectivity index (χ0) is 15.2. The number of halogens is 2. The van der Waals surface area contributed by atoms with Crippen molar-refractivity contribution in [3.05, 3.63) is 28.2 Å². The molecule has 1 saturated heterocycles. The Labute approximate surface area is 138 Å². The summed E-state index contributed by atoms with van der Waals surface area (Å²) in [4.78, 5) is 14.0. The highest BCUT2D eigenvalue weighted by Crippen LogP contribution is 2.30. The number of benzene rings is 1. The lowest BCUT2D eigenvalue weighted by Gasteiger charge is -2.34. The van der Waals surface area contributed by atoms with Gasteiger partial charge in [-0.15, -0.1) is 11.8 Å². The number of aliphatic carboxylic acids is 1. The van der Waals surface area contributed by atoms with Gasteiger partial charge in [-0.2, -0.15) is 0 Å². The zero-order valence-corrected chi connectivity index (χ0v) is 13.8. The van der Waals surface area contributed by atoms with E-state index >= 15 is 0 Å². The van der Waals surface area contributed by atoms with Gasteiger partial charge in [-0.3, -0.25) is 9.69 Å². The molecule has 0 radical (unpaired) electrons. The highest BCUT2D eigenvalue weighted by Gasteiger charge is 2.24. The lowest BCUT2D eigenvalue weighted by Crippen LogP contribution is -2.47. The van der Waals surface area contributed by atoms with E-state index in [1.54, 1.807) is 23.9 Å². The molecule has 1 aliphatic heterocycles. The third-order valence-corrected chi connectivity index (χ3v) is 5.00. The van der Waals surface area contributed by atoms with Gasteiger partial charge < -0.3 is 9.84 Å². The molecule has 0 amide bonds. The van der Waals surface area contributed by atoms with Crippen molar-refractivity contribution in [3.63, 3.8) is 0 Å². The molecule has 1 fully saturated rings. The zero-order valence-electron chi connectivity index (χ0n) is 11.4. The van der Waals surface area contributed by atoms with Gasteiger partial charge in [0, 0.05) is 34.8 Å². The fraction of sp³-hybridized carbons (Fsp3) is 0.500. The van der Waals surface area contributed by atoms with Gasteiger partial charge in [0.2, 0.25) is 0 Å². The summed E-state index contributed by atoms with van der Waals surface area (Å²) in [5, 5.41) is 10.3. The number of carbonyl (C=O) groups is 1. The number of rotatable bonds is 6. The SMILES string of the molecule is O=C(O)CC1COCCN1CCSc1cc(Cl)ccc1Cl. The minimum absolute atomic E-state index is 0.0494. The molecule has 21 heavy (non-hydrogen) atoms. The number of ether oxygens (including phenoxy) is 1. The fourth-order valence-electron chi connectivity index (χ4n) is 2.23. The van der Waals surface area contributed by atoms with Gasteiger partial charge in [0.05, 0.1) is 24.7 Å². The van der Waals surface area contributed by atoms with Crippen molar-refractivity contribution in [2.45, 2.75) is 17.4 Å². The van der Waals surface area contributed by atoms with Crippen LogP contribution < -0.4 is 0 Å². The van der Waals surface area contributed by atoms with Crippen molar-refractivity contribution < 1.29 is 14.6 Å². The van der Waals surface area contributed by atoms with Crippen molar-refractivity contribution in [2.24, 2.45) is 0 Å². The third kappa shape index (κ3) is 5.34. The average molecular weight is 350 g/mol. The number of carboxylic acid groups (broad SMARTS) is 1. The highest BCUT2D eigenvalue weighted by molar-refractivity contribution is 7.99. The minimum Gasteiger partial charge on any atom is -0.481 e. The monoisotopic (exact) mass is 349 g/mol. The number of carboxylic acids is 1. The Morgan fingerprint density at radius 1 is 1.48 bits per heavy atom. The molecule has 0 aliphatic carbocycles. The largest absolute Gasteiger partial charge is 0.481 e. The Hall–Kier alpha value is -0.460. The Morgan fingerprint density at radius 2 is 2.29 bits per heavy atom. The smallest absolute Gasteiger partial charge is 0.305 e. The Bertz CT molecular complexity index is 501. The highest BCUT2D eigenvalue weighted by atomic mass is 35.5. The van der Waals surface area contributed by atoms with Gasteiger partial charge in [0.1, 0.15) is 0 Å². The van der Waals surface area contributed by atoms with Crippen molar-refractivity contribution in [2.75, 3.05) is 32.1 Å². The molecule has 116 valence electrons. The van der Waals surface area contributed by atoms with Crippen LogP contribution in [0.1, 0.15) is 6.42 Å². The molecular formula is C14H17Cl2NO3S. The Morgan fingerprint density at radius 3 is 3.05 bits per heavy atom. The summed E-state index contributed by atoms with van der Waals surface area (Å²) in [6.45, 7) is 2.70. The lowest BCUT2D eigenvalue weighted by atomic mass is 10.1. The van der Waals surface area contributed by atoms with Gasteiger partial charge in [0.25, 0.3) is 0 Å². The molecule has 1 aliphatic rings. The second-order valence-electron chi connectivity index (χ2n) is 4.79. The second-order valence-corrected chi connectivity index (χ2v) is 6.77. The maximum absolute atomic E-state index is 10.9. The minimum atomic E-state index is -0.791. The van der Waals surface area contributed by atoms with E-state index in [1.807, 2.05) is 6.07 Å². The molecule has 1 aromatic carbocycles. The first kappa shape index (κ1) is 16.9. The molecule has 0 aromatic heterocycles. The van der Waals surface area contributed by atoms with E-state index in [0.29, 0.717) is 23.3 Å². The summed E-state index contributed by atoms with van der Waals surface area (Å²) in [5.41, 5.74) is 0. The van der Waals surface area contributed by atoms with E-state index in [2.05, 4.69) is 4.90 Å². The van der Waals surface area contributed by atoms with Gasteiger partial charge in [-0.1, -0.05) is 23.2 Å². The summed E-state index contributed by atoms with van der Waals surface area (Å²) in [5.74, 6) is 0.0388. The summed E-state index contributed by atoms with van der Waals surface area (Å²) >= 11 is 13.7. The van der Waals surface area contributed by atoms with Gasteiger partial charge in [-0.05, 0) is 18.2 Å². The molecule has 1 aromatic rings. The van der Waals surface area contributed by atoms with Crippen molar-refractivity contribution in [1.82, 2.24) is 4.90 Å². The van der Waals surface area contributed by atoms with Gasteiger partial charge in [-0.25, -0.2) is 0 Å². The molecule has 1 N–H and O–H groups in total. The maximum atomic E-state index is 10.9. The van der Waals surface area contributed by atoms with Crippen molar-refractivity contribution >= 4 is 40.9 Å². The molecule has 0 spiro atoms. The maximum Gasteiger partial charge on any atom is 0.305 e. The second kappa shape index (κ2) is 8.25. The number of nitrogens with zero attached hydrogens (tertiary/aromatic N) is 1. The van der Waals surface area contributed by atoms with Crippen LogP contribution in [0.5, 0.6) is 0 Å². The predicted octanol–water partition coefficient (Wildman–Crippen LogP) is 3.26. The first-order chi connectivity index (χ1) is 10.1. The van der Waals surface area contributed by atoms with Crippen LogP contribution in [0.3, 0.4) is 0 Å². The number of morpholine rings is 1. The van der Waals surface area contributed by atoms with Crippen LogP contribution in [0.15, 0.2) is 23.1 Å². The van der Waals surface area contributed by atoms with Crippen molar-refractivity contribution in [3.8, 4) is 0 Å². The molecule has 4 nitrogen and oxygen atoms in total. The molecule has 7 heteroatoms. The Balaban J connectivity index is 1.86. The lowest BCUT2D eigenvalue weighted by molar-refractivity contribution is -0.140. The number of hydrogen-bond donors (Lipinski definition) is 1. The quantitative estimate of drug-likeness (QED) is 0.798. The molecule has 1 unspecified atom stereocenters. The molecule has 0 saturated carbocycles. The van der Waals surface area contributed by atoms with Crippen LogP contribution in [-0.2, 0) is 9.53 Å². The van der Waals surface area contributed by atoms with Gasteiger partial charge >= 0.3 is 5.97 Å². The standard InChI is InChI=1S/C14H17Cl2NO3S/c15-10-1-2-12(16)13(7-10)21-6-4-17-3-5-20-9-11(17)8-14(18)19/h1-2,7,11H,3-6,8-9H2,(H,18,19). The van der Waals surface area contributed by atoms with Crippen LogP contribution in [0, 0.1) is 0 Å². The number of thioether (sulfide) groups is 1. The Kier molecular flexibility index (Phi) is 6.64. The summed E-state index contributed by atoms with van der Waals surface area (Å²) in [6, 6.07) is 5.35. The van der Waals surface area contributed by atoms with Crippen LogP contribution in [-0.4, -0.2) is 54.1 Å². The predicted molar refractivity (Wildman–Crippen MR) is 85.6 cm³/mol. The van der Waals surface area contributed by atoms with Crippen LogP contribution in [0.4, 0.5) is 0 Å². The van der Waals surface area contributed by atoms with Crippen LogP contribution in [0.25, 0.3) is 0 Å².